The summed E-state index contributed by atoms with van der Waals surface area (Å²) in [6.45, 7) is 6.23. The van der Waals surface area contributed by atoms with E-state index in [2.05, 4.69) is 24.1 Å². The topological polar surface area (TPSA) is 209 Å². The highest BCUT2D eigenvalue weighted by molar-refractivity contribution is 7.90. The standard InChI is InChI=1S/C52H58N6O10S/c1-5-52(2,68-42-17-9-8-16-41(42)67-48-35-14-7-6-13-33(35)20-22-37(48)47-40(59)15-12-18-43(47)69(4,65)66)26-11-10-19-44(53)55(3)32-46(61)57-29-27-56(28-30-57)34-21-23-36-38(31-34)51(64)58(50(36)63)39-24-25-45(60)54-49(39)62/h6-9,12-18,20-23,31,39,44,59H,5,10-11,19,24-30,32,53H2,1-4H3,(H,54,60,62). The van der Waals surface area contributed by atoms with Crippen molar-refractivity contribution in [3.8, 4) is 34.1 Å². The van der Waals surface area contributed by atoms with Gasteiger partial charge in [0.25, 0.3) is 11.8 Å². The van der Waals surface area contributed by atoms with Gasteiger partial charge in [0.1, 0.15) is 23.1 Å². The minimum Gasteiger partial charge on any atom is -0.507 e. The first-order valence-electron chi connectivity index (χ1n) is 23.3. The lowest BCUT2D eigenvalue weighted by atomic mass is 9.94. The molecule has 0 aliphatic carbocycles. The zero-order valence-corrected chi connectivity index (χ0v) is 40.1. The number of benzene rings is 5. The van der Waals surface area contributed by atoms with Gasteiger partial charge in [0.15, 0.2) is 21.3 Å². The van der Waals surface area contributed by atoms with E-state index in [9.17, 15) is 37.5 Å². The fourth-order valence-electron chi connectivity index (χ4n) is 9.32. The largest absolute Gasteiger partial charge is 0.507 e. The van der Waals surface area contributed by atoms with Crippen LogP contribution in [0.5, 0.6) is 23.0 Å². The Bertz CT molecular complexity index is 2940. The zero-order chi connectivity index (χ0) is 49.2. The Balaban J connectivity index is 0.840. The Kier molecular flexibility index (Phi) is 14.1. The van der Waals surface area contributed by atoms with Crippen LogP contribution in [-0.4, -0.2) is 122 Å². The highest BCUT2D eigenvalue weighted by Crippen LogP contribution is 2.47. The normalized spacial score (nSPS) is 17.8. The number of piperazine rings is 1. The van der Waals surface area contributed by atoms with E-state index in [1.807, 2.05) is 60.5 Å². The monoisotopic (exact) mass is 958 g/mol. The first-order valence-corrected chi connectivity index (χ1v) is 25.2. The van der Waals surface area contributed by atoms with Crippen molar-refractivity contribution in [1.29, 1.82) is 0 Å². The smallest absolute Gasteiger partial charge is 0.262 e. The Morgan fingerprint density at radius 1 is 0.884 bits per heavy atom. The third-order valence-electron chi connectivity index (χ3n) is 13.5. The van der Waals surface area contributed by atoms with Crippen LogP contribution in [0.25, 0.3) is 21.9 Å². The molecule has 69 heavy (non-hydrogen) atoms. The second kappa shape index (κ2) is 20.0. The first-order chi connectivity index (χ1) is 33.0. The van der Waals surface area contributed by atoms with Gasteiger partial charge in [0.2, 0.25) is 17.7 Å². The number of para-hydroxylation sites is 2. The van der Waals surface area contributed by atoms with E-state index in [0.717, 1.165) is 40.5 Å². The van der Waals surface area contributed by atoms with Crippen LogP contribution >= 0.6 is 0 Å². The number of hydrogen-bond acceptors (Lipinski definition) is 13. The summed E-state index contributed by atoms with van der Waals surface area (Å²) in [5.74, 6) is -1.11. The summed E-state index contributed by atoms with van der Waals surface area (Å²) in [4.78, 5) is 70.8. The Hall–Kier alpha value is -6.82. The zero-order valence-electron chi connectivity index (χ0n) is 39.3. The number of rotatable bonds is 17. The molecule has 0 aromatic heterocycles. The number of sulfone groups is 1. The van der Waals surface area contributed by atoms with Gasteiger partial charge in [-0.2, -0.15) is 0 Å². The van der Waals surface area contributed by atoms with Gasteiger partial charge in [-0.05, 0) is 100.0 Å². The second-order valence-electron chi connectivity index (χ2n) is 18.3. The number of aromatic hydroxyl groups is 1. The SMILES string of the molecule is CCC(C)(CCCCC(N)N(C)CC(=O)N1CCN(c2ccc3c(c2)C(=O)N(C2CCC(=O)NC2=O)C3=O)CC1)Oc1ccccc1Oc1c(-c2c(O)cccc2S(C)(=O)=O)ccc2ccccc12. The van der Waals surface area contributed by atoms with E-state index in [0.29, 0.717) is 68.3 Å². The molecule has 16 nitrogen and oxygen atoms in total. The molecule has 4 N–H and O–H groups in total. The number of nitrogens with one attached hydrogen (secondary N) is 1. The molecule has 3 atom stereocenters. The number of nitrogens with zero attached hydrogens (tertiary/aromatic N) is 4. The van der Waals surface area contributed by atoms with Gasteiger partial charge in [-0.1, -0.05) is 61.9 Å². The van der Waals surface area contributed by atoms with E-state index in [1.165, 1.54) is 18.2 Å². The number of phenolic OH excluding ortho intramolecular Hbond substituents is 1. The van der Waals surface area contributed by atoms with E-state index in [1.54, 1.807) is 35.2 Å². The lowest BCUT2D eigenvalue weighted by molar-refractivity contribution is -0.136. The molecule has 2 fully saturated rings. The predicted molar refractivity (Wildman–Crippen MR) is 261 cm³/mol. The summed E-state index contributed by atoms with van der Waals surface area (Å²) in [7, 11) is -1.88. The van der Waals surface area contributed by atoms with Gasteiger partial charge < -0.3 is 30.1 Å². The van der Waals surface area contributed by atoms with Crippen molar-refractivity contribution in [2.75, 3.05) is 50.9 Å². The highest BCUT2D eigenvalue weighted by Gasteiger charge is 2.45. The molecule has 2 saturated heterocycles. The number of hydrogen-bond donors (Lipinski definition) is 3. The third kappa shape index (κ3) is 10.3. The minimum atomic E-state index is -3.73. The summed E-state index contributed by atoms with van der Waals surface area (Å²) in [5.41, 5.74) is 7.78. The lowest BCUT2D eigenvalue weighted by Crippen LogP contribution is -2.54. The fourth-order valence-corrected chi connectivity index (χ4v) is 10.2. The lowest BCUT2D eigenvalue weighted by Gasteiger charge is -2.37. The van der Waals surface area contributed by atoms with Crippen molar-refractivity contribution >= 4 is 55.8 Å². The number of likely N-dealkylation sites (N-methyl/N-ethyl adjacent to an activating group) is 1. The molecule has 0 saturated carbocycles. The van der Waals surface area contributed by atoms with Crippen LogP contribution in [0.15, 0.2) is 102 Å². The number of fused-ring (bicyclic) bond motifs is 2. The van der Waals surface area contributed by atoms with Crippen molar-refractivity contribution in [1.82, 2.24) is 20.0 Å². The summed E-state index contributed by atoms with van der Waals surface area (Å²) in [6, 6.07) is 27.0. The molecule has 3 heterocycles. The highest BCUT2D eigenvalue weighted by atomic mass is 32.2. The van der Waals surface area contributed by atoms with E-state index < -0.39 is 45.1 Å². The molecule has 5 aromatic rings. The quantitative estimate of drug-likeness (QED) is 0.0519. The minimum absolute atomic E-state index is 0.0166. The van der Waals surface area contributed by atoms with E-state index in [4.69, 9.17) is 15.2 Å². The molecule has 0 spiro atoms. The molecule has 3 aliphatic heterocycles. The van der Waals surface area contributed by atoms with Crippen LogP contribution in [0.3, 0.4) is 0 Å². The van der Waals surface area contributed by atoms with Crippen LogP contribution < -0.4 is 25.4 Å². The van der Waals surface area contributed by atoms with Crippen molar-refractivity contribution in [3.63, 3.8) is 0 Å². The molecule has 0 bridgehead atoms. The van der Waals surface area contributed by atoms with Crippen LogP contribution in [0, 0.1) is 0 Å². The van der Waals surface area contributed by atoms with Crippen LogP contribution in [0.2, 0.25) is 0 Å². The molecule has 362 valence electrons. The number of phenols is 1. The summed E-state index contributed by atoms with van der Waals surface area (Å²) in [5, 5.41) is 14.9. The van der Waals surface area contributed by atoms with Crippen molar-refractivity contribution in [3.05, 3.63) is 108 Å². The maximum Gasteiger partial charge on any atom is 0.262 e. The fraction of sp³-hybridized carbons (Fsp3) is 0.365. The second-order valence-corrected chi connectivity index (χ2v) is 20.3. The Morgan fingerprint density at radius 3 is 2.30 bits per heavy atom. The summed E-state index contributed by atoms with van der Waals surface area (Å²) >= 11 is 0. The molecule has 8 rings (SSSR count). The van der Waals surface area contributed by atoms with Crippen molar-refractivity contribution in [2.45, 2.75) is 81.5 Å². The number of imide groups is 2. The number of carbonyl (C=O) groups excluding carboxylic acids is 5. The Morgan fingerprint density at radius 2 is 1.58 bits per heavy atom. The number of carbonyl (C=O) groups is 5. The van der Waals surface area contributed by atoms with E-state index in [-0.39, 0.29) is 58.8 Å². The number of unbranched alkanes of at least 4 members (excludes halogenated alkanes) is 1. The molecular formula is C52H58N6O10S. The molecule has 5 amide bonds. The number of amides is 5. The maximum absolute atomic E-state index is 13.5. The van der Waals surface area contributed by atoms with Gasteiger partial charge in [-0.25, -0.2) is 8.42 Å². The van der Waals surface area contributed by atoms with Crippen LogP contribution in [0.1, 0.15) is 79.5 Å². The average molecular weight is 959 g/mol. The Labute approximate surface area is 401 Å². The average Bonchev–Trinajstić information content (AvgIpc) is 3.58. The third-order valence-corrected chi connectivity index (χ3v) is 14.7. The number of anilines is 1. The van der Waals surface area contributed by atoms with Crippen LogP contribution in [0.4, 0.5) is 5.69 Å². The molecule has 17 heteroatoms. The summed E-state index contributed by atoms with van der Waals surface area (Å²) < 4.78 is 39.4. The molecular weight excluding hydrogens is 901 g/mol. The molecule has 3 unspecified atom stereocenters. The molecule has 3 aliphatic rings. The number of ether oxygens (including phenoxy) is 2. The number of nitrogens with two attached hydrogens (primary N) is 1. The van der Waals surface area contributed by atoms with E-state index >= 15 is 0 Å². The van der Waals surface area contributed by atoms with Crippen LogP contribution in [-0.2, 0) is 24.2 Å². The van der Waals surface area contributed by atoms with Gasteiger partial charge in [-0.3, -0.25) is 39.1 Å². The van der Waals surface area contributed by atoms with Gasteiger partial charge in [0.05, 0.1) is 28.7 Å². The number of piperidine rings is 1. The van der Waals surface area contributed by atoms with Gasteiger partial charge in [0, 0.05) is 61.1 Å². The summed E-state index contributed by atoms with van der Waals surface area (Å²) in [6.07, 6.45) is 4.54. The van der Waals surface area contributed by atoms with Gasteiger partial charge in [-0.15, -0.1) is 0 Å². The maximum atomic E-state index is 13.5. The van der Waals surface area contributed by atoms with Crippen molar-refractivity contribution < 1.29 is 47.0 Å². The molecule has 5 aromatic carbocycles. The first kappa shape index (κ1) is 48.6. The van der Waals surface area contributed by atoms with Gasteiger partial charge >= 0.3 is 0 Å². The molecule has 0 radical (unpaired) electrons. The van der Waals surface area contributed by atoms with Crippen molar-refractivity contribution in [2.24, 2.45) is 5.73 Å². The predicted octanol–water partition coefficient (Wildman–Crippen LogP) is 6.48.